The predicted molar refractivity (Wildman–Crippen MR) is 126 cm³/mol. The van der Waals surface area contributed by atoms with E-state index in [2.05, 4.69) is 38.5 Å². The van der Waals surface area contributed by atoms with Crippen molar-refractivity contribution in [3.05, 3.63) is 47.1 Å². The van der Waals surface area contributed by atoms with Crippen molar-refractivity contribution in [3.8, 4) is 0 Å². The highest BCUT2D eigenvalue weighted by atomic mass is 79.9. The third-order valence-corrected chi connectivity index (χ3v) is 6.24. The average molecular weight is 517 g/mol. The number of halogens is 1. The summed E-state index contributed by atoms with van der Waals surface area (Å²) >= 11 is 3.44. The fourth-order valence-electron chi connectivity index (χ4n) is 4.01. The van der Waals surface area contributed by atoms with Crippen molar-refractivity contribution in [2.75, 3.05) is 39.3 Å². The first-order valence-electron chi connectivity index (χ1n) is 10.7. The first kappa shape index (κ1) is 22.8. The second-order valence-electron chi connectivity index (χ2n) is 8.02. The highest BCUT2D eigenvalue weighted by molar-refractivity contribution is 9.10. The number of amides is 5. The lowest BCUT2D eigenvalue weighted by Gasteiger charge is -2.38. The van der Waals surface area contributed by atoms with E-state index in [1.165, 1.54) is 6.08 Å². The quantitative estimate of drug-likeness (QED) is 0.447. The predicted octanol–water partition coefficient (Wildman–Crippen LogP) is 0.672. The van der Waals surface area contributed by atoms with Crippen molar-refractivity contribution >= 4 is 50.6 Å². The molecule has 4 rings (SSSR count). The zero-order valence-corrected chi connectivity index (χ0v) is 19.6. The van der Waals surface area contributed by atoms with Crippen LogP contribution in [0.4, 0.5) is 4.79 Å². The molecular weight excluding hydrogens is 492 g/mol. The highest BCUT2D eigenvalue weighted by Crippen LogP contribution is 2.25. The largest absolute Gasteiger partial charge is 0.350 e. The van der Waals surface area contributed by atoms with Crippen LogP contribution in [0.2, 0.25) is 0 Å². The van der Waals surface area contributed by atoms with E-state index in [-0.39, 0.29) is 36.3 Å². The zero-order chi connectivity index (χ0) is 23.5. The molecule has 2 aliphatic rings. The summed E-state index contributed by atoms with van der Waals surface area (Å²) in [5, 5.41) is 9.23. The summed E-state index contributed by atoms with van der Waals surface area (Å²) < 4.78 is 2.56. The van der Waals surface area contributed by atoms with Crippen molar-refractivity contribution in [3.63, 3.8) is 0 Å². The summed E-state index contributed by atoms with van der Waals surface area (Å²) in [7, 11) is 0. The highest BCUT2D eigenvalue weighted by Gasteiger charge is 2.30. The number of likely N-dealkylation sites (tertiary alicyclic amines) is 1. The molecule has 5 amide bonds. The monoisotopic (exact) mass is 516 g/mol. The van der Waals surface area contributed by atoms with E-state index in [9.17, 15) is 19.2 Å². The first-order chi connectivity index (χ1) is 15.9. The molecular formula is C22H25BrN6O4. The molecule has 33 heavy (non-hydrogen) atoms. The normalized spacial score (nSPS) is 15.8. The van der Waals surface area contributed by atoms with E-state index >= 15 is 0 Å². The molecule has 174 valence electrons. The number of carbonyl (C=O) groups excluding carboxylic acids is 4. The van der Waals surface area contributed by atoms with E-state index in [1.807, 2.05) is 18.2 Å². The van der Waals surface area contributed by atoms with Gasteiger partial charge in [-0.2, -0.15) is 0 Å². The Labute approximate surface area is 199 Å². The summed E-state index contributed by atoms with van der Waals surface area (Å²) in [6.45, 7) is 6.41. The summed E-state index contributed by atoms with van der Waals surface area (Å²) in [5.74, 6) is -0.615. The number of aromatic nitrogens is 1. The van der Waals surface area contributed by atoms with E-state index in [1.54, 1.807) is 20.6 Å². The molecule has 2 fully saturated rings. The SMILES string of the molecule is C=CC(=O)N1CC(NC(=O)Cn2cc(C(=O)NCCN3CCNC3=O)c3cc(Br)ccc32)C1. The number of hydrogen-bond acceptors (Lipinski definition) is 4. The van der Waals surface area contributed by atoms with Crippen LogP contribution in [0, 0.1) is 0 Å². The Morgan fingerprint density at radius 1 is 1.27 bits per heavy atom. The van der Waals surface area contributed by atoms with Gasteiger partial charge in [0.05, 0.1) is 11.6 Å². The summed E-state index contributed by atoms with van der Waals surface area (Å²) in [4.78, 5) is 51.9. The molecule has 0 saturated carbocycles. The third kappa shape index (κ3) is 5.03. The number of hydrogen-bond donors (Lipinski definition) is 3. The molecule has 2 saturated heterocycles. The number of urea groups is 1. The van der Waals surface area contributed by atoms with Gasteiger partial charge in [0, 0.05) is 60.8 Å². The van der Waals surface area contributed by atoms with Crippen LogP contribution in [0.5, 0.6) is 0 Å². The van der Waals surface area contributed by atoms with E-state index in [0.29, 0.717) is 44.8 Å². The van der Waals surface area contributed by atoms with Crippen molar-refractivity contribution in [1.82, 2.24) is 30.3 Å². The van der Waals surface area contributed by atoms with Gasteiger partial charge in [0.25, 0.3) is 5.91 Å². The lowest BCUT2D eigenvalue weighted by Crippen LogP contribution is -2.61. The van der Waals surface area contributed by atoms with Crippen molar-refractivity contribution in [2.45, 2.75) is 12.6 Å². The van der Waals surface area contributed by atoms with Gasteiger partial charge < -0.3 is 30.3 Å². The van der Waals surface area contributed by atoms with Crippen LogP contribution in [0.25, 0.3) is 10.9 Å². The Morgan fingerprint density at radius 2 is 2.06 bits per heavy atom. The lowest BCUT2D eigenvalue weighted by molar-refractivity contribution is -0.133. The molecule has 3 N–H and O–H groups in total. The molecule has 0 unspecified atom stereocenters. The van der Waals surface area contributed by atoms with Gasteiger partial charge in [-0.15, -0.1) is 0 Å². The van der Waals surface area contributed by atoms with Crippen LogP contribution in [-0.2, 0) is 16.1 Å². The maximum atomic E-state index is 12.9. The van der Waals surface area contributed by atoms with Crippen LogP contribution in [0.15, 0.2) is 41.5 Å². The van der Waals surface area contributed by atoms with Gasteiger partial charge in [-0.3, -0.25) is 14.4 Å². The zero-order valence-electron chi connectivity index (χ0n) is 18.0. The molecule has 11 heteroatoms. The van der Waals surface area contributed by atoms with Crippen LogP contribution in [-0.4, -0.2) is 83.4 Å². The molecule has 0 spiro atoms. The topological polar surface area (TPSA) is 116 Å². The van der Waals surface area contributed by atoms with Crippen LogP contribution >= 0.6 is 15.9 Å². The summed E-state index contributed by atoms with van der Waals surface area (Å²) in [6.07, 6.45) is 2.93. The Kier molecular flexibility index (Phi) is 6.68. The Morgan fingerprint density at radius 3 is 2.76 bits per heavy atom. The van der Waals surface area contributed by atoms with Crippen LogP contribution in [0.1, 0.15) is 10.4 Å². The van der Waals surface area contributed by atoms with Gasteiger partial charge in [-0.25, -0.2) is 4.79 Å². The van der Waals surface area contributed by atoms with E-state index in [4.69, 9.17) is 0 Å². The third-order valence-electron chi connectivity index (χ3n) is 5.75. The molecule has 2 aromatic rings. The fourth-order valence-corrected chi connectivity index (χ4v) is 4.37. The fraction of sp³-hybridized carbons (Fsp3) is 0.364. The Balaban J connectivity index is 1.40. The molecule has 0 atom stereocenters. The van der Waals surface area contributed by atoms with Gasteiger partial charge in [-0.1, -0.05) is 22.5 Å². The molecule has 0 aliphatic carbocycles. The van der Waals surface area contributed by atoms with Crippen molar-refractivity contribution in [1.29, 1.82) is 0 Å². The minimum atomic E-state index is -0.269. The van der Waals surface area contributed by atoms with Gasteiger partial charge in [0.2, 0.25) is 11.8 Å². The summed E-state index contributed by atoms with van der Waals surface area (Å²) in [6, 6.07) is 5.33. The second-order valence-corrected chi connectivity index (χ2v) is 8.93. The number of benzene rings is 1. The van der Waals surface area contributed by atoms with Gasteiger partial charge in [0.1, 0.15) is 6.54 Å². The van der Waals surface area contributed by atoms with Gasteiger partial charge in [-0.05, 0) is 24.3 Å². The maximum absolute atomic E-state index is 12.9. The Hall–Kier alpha value is -3.34. The van der Waals surface area contributed by atoms with Crippen LogP contribution in [0.3, 0.4) is 0 Å². The minimum Gasteiger partial charge on any atom is -0.350 e. The van der Waals surface area contributed by atoms with Crippen molar-refractivity contribution < 1.29 is 19.2 Å². The number of nitrogens with one attached hydrogen (secondary N) is 3. The van der Waals surface area contributed by atoms with E-state index < -0.39 is 0 Å². The summed E-state index contributed by atoms with van der Waals surface area (Å²) in [5.41, 5.74) is 1.21. The Bertz CT molecular complexity index is 1120. The molecule has 3 heterocycles. The molecule has 0 radical (unpaired) electrons. The van der Waals surface area contributed by atoms with Crippen LogP contribution < -0.4 is 16.0 Å². The number of nitrogens with zero attached hydrogens (tertiary/aromatic N) is 3. The van der Waals surface area contributed by atoms with Gasteiger partial charge in [0.15, 0.2) is 0 Å². The molecule has 0 bridgehead atoms. The van der Waals surface area contributed by atoms with Gasteiger partial charge >= 0.3 is 6.03 Å². The number of rotatable bonds is 8. The molecule has 2 aliphatic heterocycles. The van der Waals surface area contributed by atoms with E-state index in [0.717, 1.165) is 15.4 Å². The average Bonchev–Trinajstić information content (AvgIpc) is 3.32. The minimum absolute atomic E-state index is 0.0469. The lowest BCUT2D eigenvalue weighted by atomic mass is 10.1. The second kappa shape index (κ2) is 9.65. The smallest absolute Gasteiger partial charge is 0.317 e. The number of carbonyl (C=O) groups is 4. The molecule has 1 aromatic carbocycles. The molecule has 1 aromatic heterocycles. The standard InChI is InChI=1S/C22H25BrN6O4/c1-2-20(31)29-10-15(11-29)26-19(30)13-28-12-17(16-9-14(23)3-4-18(16)28)21(32)24-5-7-27-8-6-25-22(27)33/h2-4,9,12,15H,1,5-8,10-11,13H2,(H,24,32)(H,25,33)(H,26,30). The number of fused-ring (bicyclic) bond motifs is 1. The van der Waals surface area contributed by atoms with Crippen molar-refractivity contribution in [2.24, 2.45) is 0 Å². The maximum Gasteiger partial charge on any atom is 0.317 e. The molecule has 10 nitrogen and oxygen atoms in total. The first-order valence-corrected chi connectivity index (χ1v) is 11.4.